The first kappa shape index (κ1) is 78.9. The highest BCUT2D eigenvalue weighted by molar-refractivity contribution is 5.94. The fraction of sp³-hybridized carbons (Fsp3) is 0.833. The quantitative estimate of drug-likeness (QED) is 0.0187. The Morgan fingerprint density at radius 1 is 0.350 bits per heavy atom. The first-order chi connectivity index (χ1) is 38.6. The summed E-state index contributed by atoms with van der Waals surface area (Å²) in [7, 11) is 2.03. The van der Waals surface area contributed by atoms with Crippen molar-refractivity contribution in [3.63, 3.8) is 0 Å². The lowest BCUT2D eigenvalue weighted by Crippen LogP contribution is -2.52. The van der Waals surface area contributed by atoms with Gasteiger partial charge in [-0.2, -0.15) is 0 Å². The van der Waals surface area contributed by atoms with Crippen molar-refractivity contribution in [2.24, 2.45) is 0 Å². The second-order valence-electron chi connectivity index (χ2n) is 19.8. The van der Waals surface area contributed by atoms with Crippen molar-refractivity contribution in [2.45, 2.75) is 297 Å². The van der Waals surface area contributed by atoms with Crippen LogP contribution in [0.1, 0.15) is 273 Å². The van der Waals surface area contributed by atoms with Crippen molar-refractivity contribution in [3.05, 3.63) is 0 Å². The third-order valence-electron chi connectivity index (χ3n) is 13.1. The predicted molar refractivity (Wildman–Crippen MR) is 309 cm³/mol. The zero-order valence-corrected chi connectivity index (χ0v) is 50.8. The van der Waals surface area contributed by atoms with E-state index in [-0.39, 0.29) is 26.1 Å². The molecule has 0 aliphatic heterocycles. The zero-order chi connectivity index (χ0) is 60.6. The topological polar surface area (TPSA) is 296 Å². The minimum absolute atomic E-state index is 0.112. The van der Waals surface area contributed by atoms with Crippen molar-refractivity contribution < 1.29 is 77.1 Å². The standard InChI is InChI=1S/C56H98N4O16.2C2H6/c1-5-7-9-11-13-15-17-19-21-23-25-27-29-31-39-75-50(64)38-34-44(56(72)76-40-32-30-28-26-24-22-20-18-16-14-12-10-8-6-2)58-49(63)37-36-48(62)57-43(53(67)60-46(55(70)71)42-52(66)74-4)33-35-47(61)59-45(54(68)69)41-51(65)73-3;2*1-2/h43-46H,5-42H2,1-4H3,(H,57,62)(H,58,63)(H,59,61)(H,60,67)(H,68,69)(H,70,71);2*1-2H3. The van der Waals surface area contributed by atoms with Crippen molar-refractivity contribution in [1.82, 2.24) is 21.3 Å². The normalized spacial score (nSPS) is 12.1. The number of carboxylic acids is 2. The molecule has 4 atom stereocenters. The fourth-order valence-electron chi connectivity index (χ4n) is 8.38. The minimum atomic E-state index is -1.80. The third-order valence-corrected chi connectivity index (χ3v) is 13.1. The molecule has 4 unspecified atom stereocenters. The lowest BCUT2D eigenvalue weighted by atomic mass is 10.0. The molecular formula is C60H110N4O16. The summed E-state index contributed by atoms with van der Waals surface area (Å²) in [5.74, 6) is -10.1. The molecule has 0 saturated carbocycles. The second-order valence-corrected chi connectivity index (χ2v) is 19.8. The SMILES string of the molecule is CC.CC.CCCCCCCCCCCCCCCCOC(=O)CCC(NC(=O)CCC(=O)NC(CCC(=O)NC(CC(=O)OC)C(=O)O)C(=O)NC(CC(=O)OC)C(=O)O)C(=O)OCCCCCCCCCCCCCCCC. The van der Waals surface area contributed by atoms with Crippen LogP contribution in [0, 0.1) is 0 Å². The van der Waals surface area contributed by atoms with Gasteiger partial charge < -0.3 is 50.4 Å². The molecule has 4 amide bonds. The van der Waals surface area contributed by atoms with E-state index in [1.54, 1.807) is 0 Å². The number of carbonyl (C=O) groups excluding carboxylic acids is 8. The fourth-order valence-corrected chi connectivity index (χ4v) is 8.38. The van der Waals surface area contributed by atoms with Gasteiger partial charge in [-0.25, -0.2) is 14.4 Å². The van der Waals surface area contributed by atoms with Gasteiger partial charge in [0.2, 0.25) is 23.6 Å². The highest BCUT2D eigenvalue weighted by Crippen LogP contribution is 2.16. The lowest BCUT2D eigenvalue weighted by molar-refractivity contribution is -0.149. The van der Waals surface area contributed by atoms with Gasteiger partial charge in [0, 0.05) is 25.7 Å². The number of hydrogen-bond acceptors (Lipinski definition) is 14. The highest BCUT2D eigenvalue weighted by atomic mass is 16.5. The number of nitrogens with one attached hydrogen (secondary N) is 4. The van der Waals surface area contributed by atoms with Crippen molar-refractivity contribution in [1.29, 1.82) is 0 Å². The smallest absolute Gasteiger partial charge is 0.328 e. The molecule has 0 aromatic carbocycles. The Balaban J connectivity index is -0.0000145. The number of ether oxygens (including phenoxy) is 4. The first-order valence-electron chi connectivity index (χ1n) is 30.7. The monoisotopic (exact) mass is 1140 g/mol. The summed E-state index contributed by atoms with van der Waals surface area (Å²) in [5.41, 5.74) is 0. The molecule has 0 aromatic heterocycles. The van der Waals surface area contributed by atoms with E-state index < -0.39 is 122 Å². The molecule has 0 rings (SSSR count). The van der Waals surface area contributed by atoms with E-state index in [2.05, 4.69) is 44.6 Å². The molecule has 0 saturated heterocycles. The van der Waals surface area contributed by atoms with Gasteiger partial charge in [-0.15, -0.1) is 0 Å². The van der Waals surface area contributed by atoms with E-state index in [9.17, 15) is 58.2 Å². The molecule has 20 nitrogen and oxygen atoms in total. The summed E-state index contributed by atoms with van der Waals surface area (Å²) < 4.78 is 19.9. The summed E-state index contributed by atoms with van der Waals surface area (Å²) in [6.07, 6.45) is 28.9. The Hall–Kier alpha value is -5.30. The second kappa shape index (κ2) is 57.0. The molecule has 0 aliphatic rings. The van der Waals surface area contributed by atoms with Gasteiger partial charge in [-0.1, -0.05) is 208 Å². The average Bonchev–Trinajstić information content (AvgIpc) is 3.44. The summed E-state index contributed by atoms with van der Waals surface area (Å²) in [6.45, 7) is 12.8. The van der Waals surface area contributed by atoms with Crippen LogP contribution in [-0.2, 0) is 66.9 Å². The average molecular weight is 1140 g/mol. The van der Waals surface area contributed by atoms with Crippen molar-refractivity contribution >= 4 is 59.4 Å². The summed E-state index contributed by atoms with van der Waals surface area (Å²) in [5, 5.41) is 28.2. The molecule has 0 aromatic rings. The van der Waals surface area contributed by atoms with Gasteiger partial charge in [-0.05, 0) is 25.7 Å². The van der Waals surface area contributed by atoms with Crippen molar-refractivity contribution in [3.8, 4) is 0 Å². The molecule has 0 heterocycles. The van der Waals surface area contributed by atoms with Gasteiger partial charge in [0.15, 0.2) is 0 Å². The molecule has 80 heavy (non-hydrogen) atoms. The number of aliphatic carboxylic acids is 2. The van der Waals surface area contributed by atoms with Crippen molar-refractivity contribution in [2.75, 3.05) is 27.4 Å². The van der Waals surface area contributed by atoms with E-state index in [1.165, 1.54) is 122 Å². The Labute approximate surface area is 480 Å². The lowest BCUT2D eigenvalue weighted by Gasteiger charge is -2.22. The van der Waals surface area contributed by atoms with Crippen LogP contribution in [0.3, 0.4) is 0 Å². The number of hydrogen-bond donors (Lipinski definition) is 6. The number of carboxylic acid groups (broad SMARTS) is 2. The van der Waals surface area contributed by atoms with Gasteiger partial charge in [0.25, 0.3) is 0 Å². The summed E-state index contributed by atoms with van der Waals surface area (Å²) in [6, 6.07) is -6.38. The Morgan fingerprint density at radius 2 is 0.650 bits per heavy atom. The van der Waals surface area contributed by atoms with Crippen LogP contribution in [0.5, 0.6) is 0 Å². The number of unbranched alkanes of at least 4 members (excludes halogenated alkanes) is 26. The minimum Gasteiger partial charge on any atom is -0.480 e. The Kier molecular flexibility index (Phi) is 56.2. The Morgan fingerprint density at radius 3 is 1.01 bits per heavy atom. The highest BCUT2D eigenvalue weighted by Gasteiger charge is 2.31. The molecule has 0 bridgehead atoms. The molecule has 0 spiro atoms. The maximum Gasteiger partial charge on any atom is 0.328 e. The Bertz CT molecular complexity index is 1660. The molecule has 0 radical (unpaired) electrons. The summed E-state index contributed by atoms with van der Waals surface area (Å²) >= 11 is 0. The molecule has 0 aliphatic carbocycles. The van der Waals surface area contributed by atoms with Gasteiger partial charge >= 0.3 is 35.8 Å². The van der Waals surface area contributed by atoms with E-state index in [0.29, 0.717) is 12.8 Å². The van der Waals surface area contributed by atoms with Crippen LogP contribution >= 0.6 is 0 Å². The van der Waals surface area contributed by atoms with E-state index in [4.69, 9.17) is 9.47 Å². The third kappa shape index (κ3) is 48.6. The number of methoxy groups -OCH3 is 2. The molecule has 0 fully saturated rings. The molecular weight excluding hydrogens is 1030 g/mol. The predicted octanol–water partition coefficient (Wildman–Crippen LogP) is 10.7. The van der Waals surface area contributed by atoms with Crippen LogP contribution in [-0.4, -0.2) is 121 Å². The number of esters is 4. The van der Waals surface area contributed by atoms with Gasteiger partial charge in [-0.3, -0.25) is 33.6 Å². The molecule has 466 valence electrons. The van der Waals surface area contributed by atoms with Gasteiger partial charge in [0.05, 0.1) is 40.3 Å². The molecule has 20 heteroatoms. The number of amides is 4. The van der Waals surface area contributed by atoms with Crippen LogP contribution in [0.15, 0.2) is 0 Å². The van der Waals surface area contributed by atoms with Crippen LogP contribution in [0.25, 0.3) is 0 Å². The maximum atomic E-state index is 13.3. The number of carbonyl (C=O) groups is 10. The van der Waals surface area contributed by atoms with E-state index >= 15 is 0 Å². The van der Waals surface area contributed by atoms with Gasteiger partial charge in [0.1, 0.15) is 24.2 Å². The summed E-state index contributed by atoms with van der Waals surface area (Å²) in [4.78, 5) is 126. The van der Waals surface area contributed by atoms with E-state index in [0.717, 1.165) is 59.2 Å². The molecule has 6 N–H and O–H groups in total. The number of rotatable bonds is 51. The zero-order valence-electron chi connectivity index (χ0n) is 50.8. The van der Waals surface area contributed by atoms with Crippen LogP contribution in [0.4, 0.5) is 0 Å². The van der Waals surface area contributed by atoms with Crippen LogP contribution in [0.2, 0.25) is 0 Å². The van der Waals surface area contributed by atoms with E-state index in [1.807, 2.05) is 27.7 Å². The largest absolute Gasteiger partial charge is 0.480 e. The first-order valence-corrected chi connectivity index (χ1v) is 30.7. The van der Waals surface area contributed by atoms with Crippen LogP contribution < -0.4 is 21.3 Å². The maximum absolute atomic E-state index is 13.3.